The fourth-order valence-corrected chi connectivity index (χ4v) is 3.67. The fraction of sp³-hybridized carbons (Fsp3) is 0.120. The summed E-state index contributed by atoms with van der Waals surface area (Å²) in [5.41, 5.74) is 2.87. The van der Waals surface area contributed by atoms with Gasteiger partial charge in [0.25, 0.3) is 11.7 Å². The van der Waals surface area contributed by atoms with Gasteiger partial charge >= 0.3 is 0 Å². The average Bonchev–Trinajstić information content (AvgIpc) is 3.09. The van der Waals surface area contributed by atoms with Crippen molar-refractivity contribution in [1.29, 1.82) is 5.26 Å². The number of aromatic nitrogens is 1. The summed E-state index contributed by atoms with van der Waals surface area (Å²) >= 11 is 0. The molecule has 1 saturated heterocycles. The number of Topliss-reactive ketones (excluding diaryl/α,β-unsaturated/α-hetero) is 1. The van der Waals surface area contributed by atoms with E-state index in [1.54, 1.807) is 60.8 Å². The summed E-state index contributed by atoms with van der Waals surface area (Å²) in [5, 5.41) is 20.1. The van der Waals surface area contributed by atoms with E-state index in [4.69, 9.17) is 5.26 Å². The molecule has 1 atom stereocenters. The fourth-order valence-electron chi connectivity index (χ4n) is 3.67. The normalized spacial score (nSPS) is 17.5. The van der Waals surface area contributed by atoms with Crippen molar-refractivity contribution in [1.82, 2.24) is 4.98 Å². The molecule has 1 N–H and O–H groups in total. The highest BCUT2D eigenvalue weighted by Crippen LogP contribution is 2.41. The highest BCUT2D eigenvalue weighted by atomic mass is 16.3. The van der Waals surface area contributed by atoms with Gasteiger partial charge in [0.1, 0.15) is 11.8 Å². The minimum Gasteiger partial charge on any atom is -0.507 e. The topological polar surface area (TPSA) is 94.3 Å². The second kappa shape index (κ2) is 8.25. The van der Waals surface area contributed by atoms with Crippen LogP contribution in [0.1, 0.15) is 35.3 Å². The van der Waals surface area contributed by atoms with E-state index in [1.165, 1.54) is 4.90 Å². The first-order valence-corrected chi connectivity index (χ1v) is 9.86. The van der Waals surface area contributed by atoms with Gasteiger partial charge in [0.05, 0.1) is 22.9 Å². The van der Waals surface area contributed by atoms with Crippen LogP contribution in [0.2, 0.25) is 0 Å². The number of amides is 1. The second-order valence-electron chi connectivity index (χ2n) is 7.13. The zero-order valence-corrected chi connectivity index (χ0v) is 16.8. The van der Waals surface area contributed by atoms with E-state index in [1.807, 2.05) is 25.1 Å². The summed E-state index contributed by atoms with van der Waals surface area (Å²) < 4.78 is 0. The number of aryl methyl sites for hydroxylation is 1. The number of nitriles is 1. The van der Waals surface area contributed by atoms with Gasteiger partial charge in [0.2, 0.25) is 0 Å². The first-order chi connectivity index (χ1) is 15.0. The van der Waals surface area contributed by atoms with Crippen molar-refractivity contribution in [2.24, 2.45) is 0 Å². The van der Waals surface area contributed by atoms with Gasteiger partial charge in [-0.3, -0.25) is 19.5 Å². The van der Waals surface area contributed by atoms with Crippen molar-refractivity contribution in [2.45, 2.75) is 19.4 Å². The number of aliphatic hydroxyl groups excluding tert-OH is 1. The number of anilines is 1. The molecule has 1 amide bonds. The van der Waals surface area contributed by atoms with Gasteiger partial charge in [0.15, 0.2) is 0 Å². The molecule has 31 heavy (non-hydrogen) atoms. The summed E-state index contributed by atoms with van der Waals surface area (Å²) in [7, 11) is 0. The Balaban J connectivity index is 1.90. The zero-order chi connectivity index (χ0) is 22.0. The maximum absolute atomic E-state index is 13.0. The molecule has 1 unspecified atom stereocenters. The Labute approximate surface area is 179 Å². The molecule has 2 heterocycles. The predicted molar refractivity (Wildman–Crippen MR) is 116 cm³/mol. The maximum atomic E-state index is 13.0. The van der Waals surface area contributed by atoms with Crippen molar-refractivity contribution >= 4 is 23.1 Å². The predicted octanol–water partition coefficient (Wildman–Crippen LogP) is 4.14. The van der Waals surface area contributed by atoms with Crippen molar-refractivity contribution in [3.8, 4) is 6.07 Å². The highest BCUT2D eigenvalue weighted by Gasteiger charge is 2.47. The maximum Gasteiger partial charge on any atom is 0.300 e. The summed E-state index contributed by atoms with van der Waals surface area (Å²) in [6, 6.07) is 19.9. The van der Waals surface area contributed by atoms with Gasteiger partial charge in [-0.1, -0.05) is 37.3 Å². The third kappa shape index (κ3) is 3.58. The molecular formula is C25H19N3O3. The summed E-state index contributed by atoms with van der Waals surface area (Å²) in [4.78, 5) is 31.7. The van der Waals surface area contributed by atoms with E-state index in [-0.39, 0.29) is 11.3 Å². The highest BCUT2D eigenvalue weighted by molar-refractivity contribution is 6.51. The number of pyridine rings is 1. The molecule has 0 saturated carbocycles. The minimum atomic E-state index is -0.889. The van der Waals surface area contributed by atoms with Crippen LogP contribution in [0.5, 0.6) is 0 Å². The first kappa shape index (κ1) is 20.0. The SMILES string of the molecule is CCc1ccc(/C(O)=C2/C(=O)C(=O)N(c3ccc(C#N)cc3)C2c2ccccn2)cc1. The Kier molecular flexibility index (Phi) is 5.33. The molecule has 0 aliphatic carbocycles. The van der Waals surface area contributed by atoms with Gasteiger partial charge < -0.3 is 5.11 Å². The number of rotatable bonds is 4. The van der Waals surface area contributed by atoms with Gasteiger partial charge in [0, 0.05) is 17.4 Å². The largest absolute Gasteiger partial charge is 0.507 e. The van der Waals surface area contributed by atoms with E-state index in [2.05, 4.69) is 4.98 Å². The second-order valence-corrected chi connectivity index (χ2v) is 7.13. The Bertz CT molecular complexity index is 1210. The van der Waals surface area contributed by atoms with Crippen LogP contribution in [0, 0.1) is 11.3 Å². The van der Waals surface area contributed by atoms with Crippen LogP contribution in [0.15, 0.2) is 78.5 Å². The van der Waals surface area contributed by atoms with Gasteiger partial charge in [-0.25, -0.2) is 0 Å². The smallest absolute Gasteiger partial charge is 0.300 e. The van der Waals surface area contributed by atoms with E-state index >= 15 is 0 Å². The quantitative estimate of drug-likeness (QED) is 0.397. The molecule has 0 spiro atoms. The lowest BCUT2D eigenvalue weighted by molar-refractivity contribution is -0.132. The Hall–Kier alpha value is -4.24. The lowest BCUT2D eigenvalue weighted by atomic mass is 9.97. The van der Waals surface area contributed by atoms with Crippen LogP contribution in [0.4, 0.5) is 5.69 Å². The number of carbonyl (C=O) groups is 2. The number of hydrogen-bond acceptors (Lipinski definition) is 5. The molecule has 1 aliphatic heterocycles. The molecule has 0 bridgehead atoms. The van der Waals surface area contributed by atoms with Crippen molar-refractivity contribution in [2.75, 3.05) is 4.90 Å². The van der Waals surface area contributed by atoms with Crippen LogP contribution in [-0.2, 0) is 16.0 Å². The molecule has 152 valence electrons. The van der Waals surface area contributed by atoms with E-state index < -0.39 is 17.7 Å². The Morgan fingerprint density at radius 1 is 1.06 bits per heavy atom. The first-order valence-electron chi connectivity index (χ1n) is 9.86. The number of ketones is 1. The van der Waals surface area contributed by atoms with Crippen molar-refractivity contribution in [3.63, 3.8) is 0 Å². The molecule has 6 nitrogen and oxygen atoms in total. The van der Waals surface area contributed by atoms with Crippen LogP contribution >= 0.6 is 0 Å². The molecule has 0 radical (unpaired) electrons. The van der Waals surface area contributed by atoms with E-state index in [0.717, 1.165) is 12.0 Å². The standard InChI is InChI=1S/C25H19N3O3/c1-2-16-6-10-18(11-7-16)23(29)21-22(20-5-3-4-14-27-20)28(25(31)24(21)30)19-12-8-17(15-26)9-13-19/h3-14,22,29H,2H2,1H3/b23-21-. The van der Waals surface area contributed by atoms with Crippen molar-refractivity contribution in [3.05, 3.63) is 101 Å². The summed E-state index contributed by atoms with van der Waals surface area (Å²) in [6.45, 7) is 2.03. The van der Waals surface area contributed by atoms with E-state index in [0.29, 0.717) is 22.5 Å². The molecular weight excluding hydrogens is 390 g/mol. The zero-order valence-electron chi connectivity index (χ0n) is 16.8. The van der Waals surface area contributed by atoms with Gasteiger partial charge in [-0.15, -0.1) is 0 Å². The summed E-state index contributed by atoms with van der Waals surface area (Å²) in [5.74, 6) is -1.78. The Morgan fingerprint density at radius 3 is 2.35 bits per heavy atom. The van der Waals surface area contributed by atoms with Crippen LogP contribution in [0.3, 0.4) is 0 Å². The Morgan fingerprint density at radius 2 is 1.77 bits per heavy atom. The number of benzene rings is 2. The molecule has 2 aromatic carbocycles. The number of hydrogen-bond donors (Lipinski definition) is 1. The van der Waals surface area contributed by atoms with Crippen LogP contribution < -0.4 is 4.90 Å². The molecule has 6 heteroatoms. The number of carbonyl (C=O) groups excluding carboxylic acids is 2. The minimum absolute atomic E-state index is 0.0164. The van der Waals surface area contributed by atoms with Crippen LogP contribution in [0.25, 0.3) is 5.76 Å². The van der Waals surface area contributed by atoms with Gasteiger partial charge in [-0.05, 0) is 48.4 Å². The monoisotopic (exact) mass is 409 g/mol. The number of aliphatic hydroxyl groups is 1. The van der Waals surface area contributed by atoms with Crippen LogP contribution in [-0.4, -0.2) is 21.8 Å². The average molecular weight is 409 g/mol. The van der Waals surface area contributed by atoms with Crippen molar-refractivity contribution < 1.29 is 14.7 Å². The molecule has 3 aromatic rings. The third-order valence-corrected chi connectivity index (χ3v) is 5.32. The lowest BCUT2D eigenvalue weighted by Gasteiger charge is -2.24. The molecule has 1 aromatic heterocycles. The lowest BCUT2D eigenvalue weighted by Crippen LogP contribution is -2.29. The molecule has 1 fully saturated rings. The van der Waals surface area contributed by atoms with E-state index in [9.17, 15) is 14.7 Å². The third-order valence-electron chi connectivity index (χ3n) is 5.32. The summed E-state index contributed by atoms with van der Waals surface area (Å²) in [6.07, 6.45) is 2.42. The molecule has 4 rings (SSSR count). The van der Waals surface area contributed by atoms with Gasteiger partial charge in [-0.2, -0.15) is 5.26 Å². The number of nitrogens with zero attached hydrogens (tertiary/aromatic N) is 3. The molecule has 1 aliphatic rings.